The summed E-state index contributed by atoms with van der Waals surface area (Å²) in [5.74, 6) is 0.0679. The van der Waals surface area contributed by atoms with Crippen LogP contribution in [-0.2, 0) is 11.2 Å². The Kier molecular flexibility index (Phi) is 9.01. The molecule has 0 spiro atoms. The normalized spacial score (nSPS) is 13.9. The summed E-state index contributed by atoms with van der Waals surface area (Å²) in [6.45, 7) is 2.73. The molecule has 0 saturated carbocycles. The molecule has 0 aromatic heterocycles. The first-order valence-electron chi connectivity index (χ1n) is 11.1. The smallest absolute Gasteiger partial charge is 0.255 e. The maximum atomic E-state index is 10.9. The number of nitrogens with two attached hydrogens (primary N) is 1. The van der Waals surface area contributed by atoms with Crippen LogP contribution in [0.25, 0.3) is 0 Å². The van der Waals surface area contributed by atoms with Gasteiger partial charge < -0.3 is 20.7 Å². The second-order valence-electron chi connectivity index (χ2n) is 8.26. The number of nitrogens with zero attached hydrogens (tertiary/aromatic N) is 1. The van der Waals surface area contributed by atoms with Gasteiger partial charge in [-0.3, -0.25) is 9.69 Å². The summed E-state index contributed by atoms with van der Waals surface area (Å²) in [6, 6.07) is 26.7. The van der Waals surface area contributed by atoms with Crippen molar-refractivity contribution in [3.8, 4) is 5.75 Å². The third kappa shape index (κ3) is 7.71. The van der Waals surface area contributed by atoms with Gasteiger partial charge in [0.1, 0.15) is 5.75 Å². The van der Waals surface area contributed by atoms with Crippen LogP contribution in [0, 0.1) is 0 Å². The van der Waals surface area contributed by atoms with E-state index >= 15 is 0 Å². The van der Waals surface area contributed by atoms with Crippen molar-refractivity contribution in [3.63, 3.8) is 0 Å². The lowest BCUT2D eigenvalue weighted by molar-refractivity contribution is -0.119. The Balaban J connectivity index is 1.70. The van der Waals surface area contributed by atoms with Crippen molar-refractivity contribution in [2.24, 2.45) is 5.73 Å². The number of rotatable bonds is 12. The molecule has 3 aromatic carbocycles. The van der Waals surface area contributed by atoms with E-state index in [0.29, 0.717) is 18.8 Å². The number of carbonyl (C=O) groups excluding carboxylic acids is 1. The molecule has 0 bridgehead atoms. The van der Waals surface area contributed by atoms with Crippen LogP contribution in [0.5, 0.6) is 5.75 Å². The van der Waals surface area contributed by atoms with Crippen LogP contribution in [0.15, 0.2) is 84.9 Å². The van der Waals surface area contributed by atoms with Crippen LogP contribution >= 0.6 is 0 Å². The Labute approximate surface area is 195 Å². The minimum atomic E-state index is -0.666. The Morgan fingerprint density at radius 2 is 1.33 bits per heavy atom. The first-order valence-corrected chi connectivity index (χ1v) is 11.1. The van der Waals surface area contributed by atoms with Crippen molar-refractivity contribution < 1.29 is 19.7 Å². The van der Waals surface area contributed by atoms with Gasteiger partial charge in [0.05, 0.1) is 12.2 Å². The van der Waals surface area contributed by atoms with E-state index in [4.69, 9.17) is 10.5 Å². The molecule has 1 amide bonds. The van der Waals surface area contributed by atoms with Gasteiger partial charge in [-0.2, -0.15) is 0 Å². The Hall–Kier alpha value is -3.19. The summed E-state index contributed by atoms with van der Waals surface area (Å²) >= 11 is 0. The lowest BCUT2D eigenvalue weighted by Gasteiger charge is -2.33. The quantitative estimate of drug-likeness (QED) is 0.395. The van der Waals surface area contributed by atoms with Gasteiger partial charge in [-0.1, -0.05) is 72.8 Å². The predicted molar refractivity (Wildman–Crippen MR) is 129 cm³/mol. The molecule has 6 nitrogen and oxygen atoms in total. The van der Waals surface area contributed by atoms with E-state index in [1.165, 1.54) is 0 Å². The Morgan fingerprint density at radius 3 is 1.79 bits per heavy atom. The molecule has 3 rings (SSSR count). The highest BCUT2D eigenvalue weighted by Crippen LogP contribution is 2.22. The number of amides is 1. The lowest BCUT2D eigenvalue weighted by atomic mass is 10.0. The molecule has 0 heterocycles. The molecule has 0 aliphatic rings. The van der Waals surface area contributed by atoms with Crippen molar-refractivity contribution in [3.05, 3.63) is 102 Å². The van der Waals surface area contributed by atoms with Crippen LogP contribution in [-0.4, -0.2) is 46.8 Å². The third-order valence-corrected chi connectivity index (χ3v) is 5.64. The zero-order valence-corrected chi connectivity index (χ0v) is 18.9. The molecule has 0 radical (unpaired) electrons. The minimum absolute atomic E-state index is 0.0547. The van der Waals surface area contributed by atoms with Gasteiger partial charge >= 0.3 is 0 Å². The van der Waals surface area contributed by atoms with Crippen molar-refractivity contribution in [2.75, 3.05) is 19.7 Å². The molecule has 0 saturated heterocycles. The van der Waals surface area contributed by atoms with Crippen molar-refractivity contribution in [2.45, 2.75) is 31.6 Å². The number of carbonyl (C=O) groups is 1. The molecule has 6 heteroatoms. The number of benzene rings is 3. The zero-order chi connectivity index (χ0) is 23.6. The van der Waals surface area contributed by atoms with Crippen LogP contribution in [0.3, 0.4) is 0 Å². The SMILES string of the molecule is CC(Cc1ccc(OCC(N)=O)cc1)N(CC(O)c1ccccc1)CC(O)c1ccccc1. The van der Waals surface area contributed by atoms with Gasteiger partial charge in [-0.15, -0.1) is 0 Å². The second kappa shape index (κ2) is 12.2. The van der Waals surface area contributed by atoms with E-state index in [-0.39, 0.29) is 12.6 Å². The predicted octanol–water partition coefficient (Wildman–Crippen LogP) is 3.25. The number of hydrogen-bond acceptors (Lipinski definition) is 5. The summed E-state index contributed by atoms with van der Waals surface area (Å²) in [6.07, 6.45) is -0.610. The number of aliphatic hydroxyl groups is 2. The molecule has 0 aliphatic heterocycles. The van der Waals surface area contributed by atoms with Crippen LogP contribution in [0.1, 0.15) is 35.8 Å². The van der Waals surface area contributed by atoms with E-state index in [9.17, 15) is 15.0 Å². The van der Waals surface area contributed by atoms with Gasteiger partial charge in [0, 0.05) is 19.1 Å². The van der Waals surface area contributed by atoms with Crippen molar-refractivity contribution in [1.82, 2.24) is 4.90 Å². The monoisotopic (exact) mass is 448 g/mol. The highest BCUT2D eigenvalue weighted by molar-refractivity contribution is 5.75. The van der Waals surface area contributed by atoms with Gasteiger partial charge in [-0.05, 0) is 42.2 Å². The summed E-state index contributed by atoms with van der Waals surface area (Å²) in [5, 5.41) is 21.7. The van der Waals surface area contributed by atoms with Crippen molar-refractivity contribution >= 4 is 5.91 Å². The standard InChI is InChI=1S/C27H32N2O4/c1-20(16-21-12-14-24(15-13-21)33-19-27(28)32)29(17-25(30)22-8-4-2-5-9-22)18-26(31)23-10-6-3-7-11-23/h2-15,20,25-26,30-31H,16-19H2,1H3,(H2,28,32). The van der Waals surface area contributed by atoms with Gasteiger partial charge in [-0.25, -0.2) is 0 Å². The van der Waals surface area contributed by atoms with E-state index in [1.807, 2.05) is 84.9 Å². The molecule has 4 N–H and O–H groups in total. The fraction of sp³-hybridized carbons (Fsp3) is 0.296. The second-order valence-corrected chi connectivity index (χ2v) is 8.26. The fourth-order valence-corrected chi connectivity index (χ4v) is 3.79. The first-order chi connectivity index (χ1) is 15.9. The van der Waals surface area contributed by atoms with Crippen molar-refractivity contribution in [1.29, 1.82) is 0 Å². The van der Waals surface area contributed by atoms with E-state index < -0.39 is 18.1 Å². The molecule has 0 aliphatic carbocycles. The number of aliphatic hydroxyl groups excluding tert-OH is 2. The zero-order valence-electron chi connectivity index (χ0n) is 18.9. The molecule has 3 unspecified atom stereocenters. The van der Waals surface area contributed by atoms with Gasteiger partial charge in [0.2, 0.25) is 0 Å². The average Bonchev–Trinajstić information content (AvgIpc) is 2.84. The molecular weight excluding hydrogens is 416 g/mol. The number of ether oxygens (including phenoxy) is 1. The van der Waals surface area contributed by atoms with Crippen LogP contribution < -0.4 is 10.5 Å². The Bertz CT molecular complexity index is 933. The summed E-state index contributed by atoms with van der Waals surface area (Å²) in [4.78, 5) is 13.0. The number of primary amides is 1. The molecule has 0 fully saturated rings. The summed E-state index contributed by atoms with van der Waals surface area (Å²) in [7, 11) is 0. The minimum Gasteiger partial charge on any atom is -0.484 e. The van der Waals surface area contributed by atoms with Crippen LogP contribution in [0.2, 0.25) is 0 Å². The summed E-state index contributed by atoms with van der Waals surface area (Å²) < 4.78 is 5.33. The average molecular weight is 449 g/mol. The van der Waals surface area contributed by atoms with Gasteiger partial charge in [0.25, 0.3) is 5.91 Å². The molecule has 33 heavy (non-hydrogen) atoms. The topological polar surface area (TPSA) is 96.0 Å². The highest BCUT2D eigenvalue weighted by atomic mass is 16.5. The van der Waals surface area contributed by atoms with E-state index in [0.717, 1.165) is 23.1 Å². The third-order valence-electron chi connectivity index (χ3n) is 5.64. The molecule has 174 valence electrons. The number of hydrogen-bond donors (Lipinski definition) is 3. The largest absolute Gasteiger partial charge is 0.484 e. The molecule has 3 aromatic rings. The summed E-state index contributed by atoms with van der Waals surface area (Å²) in [5.41, 5.74) is 7.90. The molecule has 3 atom stereocenters. The van der Waals surface area contributed by atoms with Crippen LogP contribution in [0.4, 0.5) is 0 Å². The molecular formula is C27H32N2O4. The fourth-order valence-electron chi connectivity index (χ4n) is 3.79. The first kappa shape index (κ1) is 24.5. The lowest BCUT2D eigenvalue weighted by Crippen LogP contribution is -2.40. The Morgan fingerprint density at radius 1 is 0.848 bits per heavy atom. The highest BCUT2D eigenvalue weighted by Gasteiger charge is 2.22. The maximum absolute atomic E-state index is 10.9. The maximum Gasteiger partial charge on any atom is 0.255 e. The van der Waals surface area contributed by atoms with E-state index in [1.54, 1.807) is 0 Å². The van der Waals surface area contributed by atoms with E-state index in [2.05, 4.69) is 11.8 Å². The van der Waals surface area contributed by atoms with Gasteiger partial charge in [0.15, 0.2) is 6.61 Å².